The molecule has 134 valence electrons. The van der Waals surface area contributed by atoms with Gasteiger partial charge >= 0.3 is 0 Å². The van der Waals surface area contributed by atoms with Crippen LogP contribution in [0, 0.1) is 0 Å². The molecule has 2 aromatic carbocycles. The van der Waals surface area contributed by atoms with E-state index in [2.05, 4.69) is 50.4 Å². The molecular formula is C20H27BrN3O+. The van der Waals surface area contributed by atoms with Crippen LogP contribution in [0.1, 0.15) is 24.1 Å². The van der Waals surface area contributed by atoms with Crippen LogP contribution in [0.3, 0.4) is 0 Å². The predicted octanol–water partition coefficient (Wildman–Crippen LogP) is 2.41. The maximum absolute atomic E-state index is 12.3. The van der Waals surface area contributed by atoms with Crippen molar-refractivity contribution < 1.29 is 9.69 Å². The summed E-state index contributed by atoms with van der Waals surface area (Å²) in [5, 5.41) is 3.07. The number of halogens is 1. The fraction of sp³-hybridized carbons (Fsp3) is 0.350. The number of nitrogens with one attached hydrogen (secondary N) is 2. The number of benzene rings is 2. The molecule has 2 aromatic rings. The van der Waals surface area contributed by atoms with Crippen LogP contribution in [0.2, 0.25) is 0 Å². The van der Waals surface area contributed by atoms with Gasteiger partial charge in [0.15, 0.2) is 6.54 Å². The molecule has 0 saturated heterocycles. The molecule has 0 aliphatic carbocycles. The first-order valence-electron chi connectivity index (χ1n) is 8.47. The van der Waals surface area contributed by atoms with Crippen molar-refractivity contribution in [2.24, 2.45) is 0 Å². The van der Waals surface area contributed by atoms with E-state index in [0.29, 0.717) is 6.54 Å². The van der Waals surface area contributed by atoms with Crippen molar-refractivity contribution in [2.75, 3.05) is 32.6 Å². The van der Waals surface area contributed by atoms with Crippen molar-refractivity contribution in [2.45, 2.75) is 19.5 Å². The minimum Gasteiger partial charge on any atom is -0.378 e. The molecule has 0 aliphatic heterocycles. The van der Waals surface area contributed by atoms with Crippen molar-refractivity contribution in [1.82, 2.24) is 5.32 Å². The molecule has 25 heavy (non-hydrogen) atoms. The van der Waals surface area contributed by atoms with Crippen molar-refractivity contribution in [3.8, 4) is 0 Å². The lowest BCUT2D eigenvalue weighted by atomic mass is 10.1. The lowest BCUT2D eigenvalue weighted by Gasteiger charge is -2.18. The molecule has 0 fully saturated rings. The van der Waals surface area contributed by atoms with Gasteiger partial charge in [0, 0.05) is 29.8 Å². The molecule has 2 atom stereocenters. The topological polar surface area (TPSA) is 36.8 Å². The van der Waals surface area contributed by atoms with E-state index in [1.54, 1.807) is 0 Å². The zero-order valence-electron chi connectivity index (χ0n) is 15.3. The SMILES string of the molecule is C[C@H](NC(=O)C[NH+](C)Cc1ccc(N(C)C)cc1)c1ccc(Br)cc1. The molecule has 0 heterocycles. The molecule has 0 saturated carbocycles. The third-order valence-electron chi connectivity index (χ3n) is 4.17. The number of quaternary nitrogens is 1. The molecule has 4 nitrogen and oxygen atoms in total. The predicted molar refractivity (Wildman–Crippen MR) is 107 cm³/mol. The van der Waals surface area contributed by atoms with Gasteiger partial charge in [-0.3, -0.25) is 4.79 Å². The highest BCUT2D eigenvalue weighted by Crippen LogP contribution is 2.16. The number of anilines is 1. The van der Waals surface area contributed by atoms with Crippen LogP contribution in [-0.4, -0.2) is 33.6 Å². The average molecular weight is 405 g/mol. The van der Waals surface area contributed by atoms with E-state index in [-0.39, 0.29) is 11.9 Å². The number of carbonyl (C=O) groups is 1. The van der Waals surface area contributed by atoms with Crippen LogP contribution in [0.4, 0.5) is 5.69 Å². The van der Waals surface area contributed by atoms with Crippen LogP contribution in [0.25, 0.3) is 0 Å². The highest BCUT2D eigenvalue weighted by Gasteiger charge is 2.14. The van der Waals surface area contributed by atoms with Gasteiger partial charge < -0.3 is 15.1 Å². The Morgan fingerprint density at radius 3 is 2.28 bits per heavy atom. The Labute approximate surface area is 159 Å². The smallest absolute Gasteiger partial charge is 0.275 e. The molecule has 0 spiro atoms. The van der Waals surface area contributed by atoms with E-state index in [9.17, 15) is 4.79 Å². The van der Waals surface area contributed by atoms with Gasteiger partial charge in [0.05, 0.1) is 13.1 Å². The van der Waals surface area contributed by atoms with Gasteiger partial charge in [0.1, 0.15) is 6.54 Å². The summed E-state index contributed by atoms with van der Waals surface area (Å²) < 4.78 is 1.04. The van der Waals surface area contributed by atoms with Crippen molar-refractivity contribution in [3.63, 3.8) is 0 Å². The Bertz CT molecular complexity index is 683. The fourth-order valence-electron chi connectivity index (χ4n) is 2.72. The summed E-state index contributed by atoms with van der Waals surface area (Å²) >= 11 is 3.43. The van der Waals surface area contributed by atoms with Crippen molar-refractivity contribution in [3.05, 3.63) is 64.1 Å². The number of nitrogens with zero attached hydrogens (tertiary/aromatic N) is 1. The number of carbonyl (C=O) groups excluding carboxylic acids is 1. The van der Waals surface area contributed by atoms with Crippen LogP contribution < -0.4 is 15.1 Å². The summed E-state index contributed by atoms with van der Waals surface area (Å²) in [6.45, 7) is 3.29. The summed E-state index contributed by atoms with van der Waals surface area (Å²) in [5.41, 5.74) is 3.52. The molecule has 0 bridgehead atoms. The van der Waals surface area contributed by atoms with E-state index in [1.807, 2.05) is 52.3 Å². The zero-order chi connectivity index (χ0) is 18.4. The van der Waals surface area contributed by atoms with Gasteiger partial charge in [-0.05, 0) is 36.8 Å². The van der Waals surface area contributed by atoms with E-state index in [0.717, 1.165) is 21.5 Å². The third kappa shape index (κ3) is 6.18. The van der Waals surface area contributed by atoms with Crippen molar-refractivity contribution in [1.29, 1.82) is 0 Å². The van der Waals surface area contributed by atoms with Gasteiger partial charge in [0.2, 0.25) is 0 Å². The number of hydrogen-bond acceptors (Lipinski definition) is 2. The van der Waals surface area contributed by atoms with Gasteiger partial charge in [-0.1, -0.05) is 40.2 Å². The summed E-state index contributed by atoms with van der Waals surface area (Å²) in [6, 6.07) is 16.5. The van der Waals surface area contributed by atoms with Crippen LogP contribution in [0.15, 0.2) is 53.0 Å². The van der Waals surface area contributed by atoms with E-state index >= 15 is 0 Å². The first kappa shape index (κ1) is 19.5. The second-order valence-electron chi connectivity index (χ2n) is 6.71. The Hall–Kier alpha value is -1.85. The van der Waals surface area contributed by atoms with Crippen LogP contribution >= 0.6 is 15.9 Å². The number of likely N-dealkylation sites (N-methyl/N-ethyl adjacent to an activating group) is 1. The second kappa shape index (κ2) is 9.02. The maximum atomic E-state index is 12.3. The Balaban J connectivity index is 1.83. The number of rotatable bonds is 7. The quantitative estimate of drug-likeness (QED) is 0.743. The van der Waals surface area contributed by atoms with Gasteiger partial charge in [0.25, 0.3) is 5.91 Å². The summed E-state index contributed by atoms with van der Waals surface area (Å²) in [5.74, 6) is 0.0674. The van der Waals surface area contributed by atoms with Gasteiger partial charge in [-0.2, -0.15) is 0 Å². The Kier molecular flexibility index (Phi) is 7.02. The van der Waals surface area contributed by atoms with Gasteiger partial charge in [-0.15, -0.1) is 0 Å². The Morgan fingerprint density at radius 1 is 1.12 bits per heavy atom. The average Bonchev–Trinajstić information content (AvgIpc) is 2.55. The summed E-state index contributed by atoms with van der Waals surface area (Å²) in [7, 11) is 6.11. The third-order valence-corrected chi connectivity index (χ3v) is 4.70. The number of amides is 1. The summed E-state index contributed by atoms with van der Waals surface area (Å²) in [6.07, 6.45) is 0. The maximum Gasteiger partial charge on any atom is 0.275 e. The summed E-state index contributed by atoms with van der Waals surface area (Å²) in [4.78, 5) is 15.5. The lowest BCUT2D eigenvalue weighted by molar-refractivity contribution is -0.885. The van der Waals surface area contributed by atoms with Crippen LogP contribution in [0.5, 0.6) is 0 Å². The highest BCUT2D eigenvalue weighted by atomic mass is 79.9. The van der Waals surface area contributed by atoms with E-state index < -0.39 is 0 Å². The molecule has 0 radical (unpaired) electrons. The second-order valence-corrected chi connectivity index (χ2v) is 7.63. The minimum atomic E-state index is 0.00720. The molecule has 0 aliphatic rings. The van der Waals surface area contributed by atoms with E-state index in [4.69, 9.17) is 0 Å². The fourth-order valence-corrected chi connectivity index (χ4v) is 2.99. The normalized spacial score (nSPS) is 13.2. The molecular weight excluding hydrogens is 378 g/mol. The molecule has 5 heteroatoms. The first-order valence-corrected chi connectivity index (χ1v) is 9.27. The largest absolute Gasteiger partial charge is 0.378 e. The molecule has 2 N–H and O–H groups in total. The molecule has 0 aromatic heterocycles. The highest BCUT2D eigenvalue weighted by molar-refractivity contribution is 9.10. The van der Waals surface area contributed by atoms with Crippen molar-refractivity contribution >= 4 is 27.5 Å². The van der Waals surface area contributed by atoms with E-state index in [1.165, 1.54) is 11.3 Å². The standard InChI is InChI=1S/C20H26BrN3O/c1-15(17-7-9-18(21)10-8-17)22-20(25)14-24(4)13-16-5-11-19(12-6-16)23(2)3/h5-12,15H,13-14H2,1-4H3,(H,22,25)/p+1/t15-/m0/s1. The monoisotopic (exact) mass is 404 g/mol. The van der Waals surface area contributed by atoms with Crippen LogP contribution in [-0.2, 0) is 11.3 Å². The first-order chi connectivity index (χ1) is 11.8. The molecule has 1 amide bonds. The zero-order valence-corrected chi connectivity index (χ0v) is 16.9. The lowest BCUT2D eigenvalue weighted by Crippen LogP contribution is -3.08. The van der Waals surface area contributed by atoms with Gasteiger partial charge in [-0.25, -0.2) is 0 Å². The molecule has 1 unspecified atom stereocenters. The minimum absolute atomic E-state index is 0.00720. The number of hydrogen-bond donors (Lipinski definition) is 2. The Morgan fingerprint density at radius 2 is 1.72 bits per heavy atom. The molecule has 2 rings (SSSR count).